The third-order valence-corrected chi connectivity index (χ3v) is 3.76. The molecule has 0 heterocycles. The first-order chi connectivity index (χ1) is 12.7. The standard InChI is InChI=1S/C20H26N2O4/c1-2-25-10-11-26-15-16-6-5-9-19(12-16)22-20(24)21-13-17-7-3-4-8-18(17)14-23/h3-9,12,23H,2,10-11,13-15H2,1H3,(H2,21,22,24). The van der Waals surface area contributed by atoms with E-state index in [4.69, 9.17) is 9.47 Å². The van der Waals surface area contributed by atoms with Gasteiger partial charge in [-0.15, -0.1) is 0 Å². The van der Waals surface area contributed by atoms with Crippen molar-refractivity contribution in [3.05, 3.63) is 65.2 Å². The van der Waals surface area contributed by atoms with E-state index in [2.05, 4.69) is 10.6 Å². The first-order valence-corrected chi connectivity index (χ1v) is 8.70. The molecule has 3 N–H and O–H groups in total. The van der Waals surface area contributed by atoms with E-state index in [1.54, 1.807) is 0 Å². The Bertz CT molecular complexity index is 691. The molecule has 0 aliphatic rings. The number of rotatable bonds is 10. The van der Waals surface area contributed by atoms with Gasteiger partial charge in [-0.2, -0.15) is 0 Å². The van der Waals surface area contributed by atoms with Gasteiger partial charge in [-0.25, -0.2) is 4.79 Å². The Kier molecular flexibility index (Phi) is 8.62. The summed E-state index contributed by atoms with van der Waals surface area (Å²) in [4.78, 5) is 12.1. The van der Waals surface area contributed by atoms with Crippen LogP contribution in [-0.4, -0.2) is 31.0 Å². The summed E-state index contributed by atoms with van der Waals surface area (Å²) in [6, 6.07) is 14.7. The fourth-order valence-electron chi connectivity index (χ4n) is 2.43. The lowest BCUT2D eigenvalue weighted by molar-refractivity contribution is 0.0453. The summed E-state index contributed by atoms with van der Waals surface area (Å²) in [6.45, 7) is 4.51. The summed E-state index contributed by atoms with van der Waals surface area (Å²) in [5.41, 5.74) is 3.37. The molecule has 0 aromatic heterocycles. The van der Waals surface area contributed by atoms with Gasteiger partial charge in [0, 0.05) is 18.8 Å². The molecule has 6 heteroatoms. The van der Waals surface area contributed by atoms with Crippen LogP contribution in [0.4, 0.5) is 10.5 Å². The quantitative estimate of drug-likeness (QED) is 0.570. The number of nitrogens with one attached hydrogen (secondary N) is 2. The molecule has 26 heavy (non-hydrogen) atoms. The highest BCUT2D eigenvalue weighted by Gasteiger charge is 2.05. The Morgan fingerprint density at radius 3 is 2.58 bits per heavy atom. The van der Waals surface area contributed by atoms with Crippen LogP contribution in [0.2, 0.25) is 0 Å². The van der Waals surface area contributed by atoms with Crippen LogP contribution in [0, 0.1) is 0 Å². The molecular weight excluding hydrogens is 332 g/mol. The molecule has 0 spiro atoms. The Hall–Kier alpha value is -2.41. The fraction of sp³-hybridized carbons (Fsp3) is 0.350. The van der Waals surface area contributed by atoms with Gasteiger partial charge in [0.25, 0.3) is 0 Å². The highest BCUT2D eigenvalue weighted by Crippen LogP contribution is 2.12. The maximum Gasteiger partial charge on any atom is 0.319 e. The van der Waals surface area contributed by atoms with Crippen LogP contribution in [-0.2, 0) is 29.2 Å². The zero-order valence-electron chi connectivity index (χ0n) is 15.0. The van der Waals surface area contributed by atoms with Gasteiger partial charge in [-0.05, 0) is 35.7 Å². The van der Waals surface area contributed by atoms with E-state index in [0.717, 1.165) is 16.7 Å². The lowest BCUT2D eigenvalue weighted by Crippen LogP contribution is -2.28. The largest absolute Gasteiger partial charge is 0.392 e. The highest BCUT2D eigenvalue weighted by atomic mass is 16.5. The molecule has 140 valence electrons. The number of anilines is 1. The van der Waals surface area contributed by atoms with Crippen LogP contribution in [0.15, 0.2) is 48.5 Å². The van der Waals surface area contributed by atoms with E-state index in [0.29, 0.717) is 38.7 Å². The fourth-order valence-corrected chi connectivity index (χ4v) is 2.43. The molecule has 0 bridgehead atoms. The smallest absolute Gasteiger partial charge is 0.319 e. The maximum absolute atomic E-state index is 12.1. The zero-order valence-corrected chi connectivity index (χ0v) is 15.0. The van der Waals surface area contributed by atoms with Crippen molar-refractivity contribution in [2.75, 3.05) is 25.1 Å². The van der Waals surface area contributed by atoms with E-state index >= 15 is 0 Å². The average Bonchev–Trinajstić information content (AvgIpc) is 2.67. The van der Waals surface area contributed by atoms with E-state index in [1.165, 1.54) is 0 Å². The number of hydrogen-bond donors (Lipinski definition) is 3. The van der Waals surface area contributed by atoms with Gasteiger partial charge in [-0.1, -0.05) is 36.4 Å². The average molecular weight is 358 g/mol. The van der Waals surface area contributed by atoms with Gasteiger partial charge in [0.2, 0.25) is 0 Å². The van der Waals surface area contributed by atoms with E-state index in [9.17, 15) is 9.90 Å². The molecule has 2 amide bonds. The molecule has 6 nitrogen and oxygen atoms in total. The van der Waals surface area contributed by atoms with Gasteiger partial charge >= 0.3 is 6.03 Å². The molecule has 2 aromatic rings. The number of hydrogen-bond acceptors (Lipinski definition) is 4. The second kappa shape index (κ2) is 11.3. The lowest BCUT2D eigenvalue weighted by Gasteiger charge is -2.11. The number of urea groups is 1. The third kappa shape index (κ3) is 6.84. The molecule has 2 aromatic carbocycles. The molecule has 0 radical (unpaired) electrons. The van der Waals surface area contributed by atoms with E-state index in [1.807, 2.05) is 55.5 Å². The number of carbonyl (C=O) groups is 1. The monoisotopic (exact) mass is 358 g/mol. The Morgan fingerprint density at radius 2 is 1.81 bits per heavy atom. The predicted octanol–water partition coefficient (Wildman–Crippen LogP) is 3.05. The van der Waals surface area contributed by atoms with E-state index in [-0.39, 0.29) is 12.6 Å². The topological polar surface area (TPSA) is 79.8 Å². The molecular formula is C20H26N2O4. The minimum absolute atomic E-state index is 0.0508. The Balaban J connectivity index is 1.80. The number of benzene rings is 2. The molecule has 0 atom stereocenters. The number of amides is 2. The first-order valence-electron chi connectivity index (χ1n) is 8.70. The summed E-state index contributed by atoms with van der Waals surface area (Å²) in [6.07, 6.45) is 0. The summed E-state index contributed by atoms with van der Waals surface area (Å²) < 4.78 is 10.8. The van der Waals surface area contributed by atoms with Crippen molar-refractivity contribution in [1.29, 1.82) is 0 Å². The summed E-state index contributed by atoms with van der Waals surface area (Å²) in [7, 11) is 0. The minimum atomic E-state index is -0.299. The Labute approximate surface area is 154 Å². The molecule has 0 aliphatic carbocycles. The number of aliphatic hydroxyl groups is 1. The molecule has 2 rings (SSSR count). The van der Waals surface area contributed by atoms with Gasteiger partial charge in [-0.3, -0.25) is 0 Å². The van der Waals surface area contributed by atoms with Crippen LogP contribution < -0.4 is 10.6 Å². The van der Waals surface area contributed by atoms with Gasteiger partial charge < -0.3 is 25.2 Å². The molecule has 0 saturated heterocycles. The molecule has 0 saturated carbocycles. The van der Waals surface area contributed by atoms with Crippen molar-refractivity contribution >= 4 is 11.7 Å². The summed E-state index contributed by atoms with van der Waals surface area (Å²) in [5, 5.41) is 14.9. The predicted molar refractivity (Wildman–Crippen MR) is 101 cm³/mol. The Morgan fingerprint density at radius 1 is 1.04 bits per heavy atom. The summed E-state index contributed by atoms with van der Waals surface area (Å²) in [5.74, 6) is 0. The van der Waals surface area contributed by atoms with Gasteiger partial charge in [0.05, 0.1) is 26.4 Å². The first kappa shape index (κ1) is 19.9. The minimum Gasteiger partial charge on any atom is -0.392 e. The van der Waals surface area contributed by atoms with Crippen molar-refractivity contribution in [2.24, 2.45) is 0 Å². The van der Waals surface area contributed by atoms with Gasteiger partial charge in [0.1, 0.15) is 0 Å². The lowest BCUT2D eigenvalue weighted by atomic mass is 10.1. The van der Waals surface area contributed by atoms with Crippen molar-refractivity contribution in [3.8, 4) is 0 Å². The van der Waals surface area contributed by atoms with Crippen molar-refractivity contribution < 1.29 is 19.4 Å². The van der Waals surface area contributed by atoms with E-state index < -0.39 is 0 Å². The van der Waals surface area contributed by atoms with Crippen LogP contribution in [0.5, 0.6) is 0 Å². The van der Waals surface area contributed by atoms with Crippen LogP contribution in [0.3, 0.4) is 0 Å². The molecule has 0 fully saturated rings. The number of carbonyl (C=O) groups excluding carboxylic acids is 1. The SMILES string of the molecule is CCOCCOCc1cccc(NC(=O)NCc2ccccc2CO)c1. The van der Waals surface area contributed by atoms with Crippen LogP contribution in [0.25, 0.3) is 0 Å². The number of ether oxygens (including phenoxy) is 2. The van der Waals surface area contributed by atoms with Gasteiger partial charge in [0.15, 0.2) is 0 Å². The van der Waals surface area contributed by atoms with Crippen molar-refractivity contribution in [2.45, 2.75) is 26.7 Å². The molecule has 0 aliphatic heterocycles. The van der Waals surface area contributed by atoms with Crippen molar-refractivity contribution in [3.63, 3.8) is 0 Å². The van der Waals surface area contributed by atoms with Crippen LogP contribution >= 0.6 is 0 Å². The second-order valence-electron chi connectivity index (χ2n) is 5.68. The second-order valence-corrected chi connectivity index (χ2v) is 5.68. The highest BCUT2D eigenvalue weighted by molar-refractivity contribution is 5.89. The normalized spacial score (nSPS) is 10.5. The summed E-state index contributed by atoms with van der Waals surface area (Å²) >= 11 is 0. The number of aliphatic hydroxyl groups excluding tert-OH is 1. The van der Waals surface area contributed by atoms with Crippen LogP contribution in [0.1, 0.15) is 23.6 Å². The maximum atomic E-state index is 12.1. The van der Waals surface area contributed by atoms with Crippen molar-refractivity contribution in [1.82, 2.24) is 5.32 Å². The molecule has 0 unspecified atom stereocenters. The zero-order chi connectivity index (χ0) is 18.6. The third-order valence-electron chi connectivity index (χ3n) is 3.76.